The van der Waals surface area contributed by atoms with Crippen LogP contribution < -0.4 is 0 Å². The van der Waals surface area contributed by atoms with Gasteiger partial charge >= 0.3 is 0 Å². The number of Topliss-reactive ketones (excluding diaryl/α,β-unsaturated/α-hetero) is 1. The van der Waals surface area contributed by atoms with E-state index in [9.17, 15) is 4.79 Å². The average Bonchev–Trinajstić information content (AvgIpc) is 2.47. The van der Waals surface area contributed by atoms with E-state index >= 15 is 0 Å². The SMILES string of the molecule is CC#CC(=O)c1ccccc1C#Cc1ccccc1. The Bertz CT molecular complexity index is 704. The zero-order valence-corrected chi connectivity index (χ0v) is 10.6. The zero-order valence-electron chi connectivity index (χ0n) is 10.6. The summed E-state index contributed by atoms with van der Waals surface area (Å²) in [5, 5.41) is 0. The Morgan fingerprint density at radius 1 is 0.895 bits per heavy atom. The van der Waals surface area contributed by atoms with Crippen molar-refractivity contribution in [1.29, 1.82) is 0 Å². The molecule has 2 rings (SSSR count). The summed E-state index contributed by atoms with van der Waals surface area (Å²) in [4.78, 5) is 11.8. The van der Waals surface area contributed by atoms with Gasteiger partial charge in [-0.2, -0.15) is 0 Å². The van der Waals surface area contributed by atoms with Gasteiger partial charge in [0.15, 0.2) is 0 Å². The smallest absolute Gasteiger partial charge is 0.237 e. The first-order valence-electron chi connectivity index (χ1n) is 5.94. The van der Waals surface area contributed by atoms with Crippen LogP contribution in [0.1, 0.15) is 28.4 Å². The van der Waals surface area contributed by atoms with Crippen molar-refractivity contribution in [2.24, 2.45) is 0 Å². The molecular formula is C18H12O. The van der Waals surface area contributed by atoms with E-state index in [-0.39, 0.29) is 5.78 Å². The maximum absolute atomic E-state index is 11.8. The third kappa shape index (κ3) is 3.35. The molecule has 0 aliphatic rings. The van der Waals surface area contributed by atoms with E-state index in [2.05, 4.69) is 23.7 Å². The molecule has 0 aliphatic heterocycles. The predicted molar refractivity (Wildman–Crippen MR) is 76.6 cm³/mol. The number of rotatable bonds is 1. The van der Waals surface area contributed by atoms with Crippen molar-refractivity contribution in [2.45, 2.75) is 6.92 Å². The summed E-state index contributed by atoms with van der Waals surface area (Å²) < 4.78 is 0. The molecule has 0 saturated heterocycles. The second-order valence-electron chi connectivity index (χ2n) is 3.87. The molecule has 0 N–H and O–H groups in total. The molecule has 0 aromatic heterocycles. The van der Waals surface area contributed by atoms with Crippen molar-refractivity contribution in [2.75, 3.05) is 0 Å². The van der Waals surface area contributed by atoms with Crippen molar-refractivity contribution < 1.29 is 4.79 Å². The third-order valence-electron chi connectivity index (χ3n) is 2.53. The van der Waals surface area contributed by atoms with E-state index in [1.165, 1.54) is 0 Å². The number of carbonyl (C=O) groups excluding carboxylic acids is 1. The topological polar surface area (TPSA) is 17.1 Å². The molecule has 0 amide bonds. The van der Waals surface area contributed by atoms with Gasteiger partial charge in [-0.15, -0.1) is 0 Å². The Hall–Kier alpha value is -2.77. The molecule has 0 spiro atoms. The summed E-state index contributed by atoms with van der Waals surface area (Å²) in [7, 11) is 0. The van der Waals surface area contributed by atoms with Crippen molar-refractivity contribution >= 4 is 5.78 Å². The fourth-order valence-electron chi connectivity index (χ4n) is 1.63. The summed E-state index contributed by atoms with van der Waals surface area (Å²) in [6.45, 7) is 1.65. The van der Waals surface area contributed by atoms with Gasteiger partial charge in [-0.25, -0.2) is 0 Å². The lowest BCUT2D eigenvalue weighted by Gasteiger charge is -1.97. The number of hydrogen-bond acceptors (Lipinski definition) is 1. The van der Waals surface area contributed by atoms with E-state index < -0.39 is 0 Å². The maximum atomic E-state index is 11.8. The molecule has 0 fully saturated rings. The van der Waals surface area contributed by atoms with Gasteiger partial charge in [-0.05, 0) is 37.1 Å². The molecule has 1 heteroatoms. The number of benzene rings is 2. The Balaban J connectivity index is 2.38. The molecule has 0 aliphatic carbocycles. The number of hydrogen-bond donors (Lipinski definition) is 0. The molecule has 1 nitrogen and oxygen atoms in total. The van der Waals surface area contributed by atoms with Crippen LogP contribution in [-0.4, -0.2) is 5.78 Å². The second kappa shape index (κ2) is 6.24. The Labute approximate surface area is 113 Å². The van der Waals surface area contributed by atoms with Crippen LogP contribution in [0, 0.1) is 23.7 Å². The van der Waals surface area contributed by atoms with Gasteiger partial charge in [-0.3, -0.25) is 4.79 Å². The highest BCUT2D eigenvalue weighted by atomic mass is 16.1. The standard InChI is InChI=1S/C18H12O/c1-2-8-18(19)17-12-7-6-11-16(17)14-13-15-9-4-3-5-10-15/h3-7,9-12H,1H3. The lowest BCUT2D eigenvalue weighted by atomic mass is 10.0. The Kier molecular flexibility index (Phi) is 4.17. The van der Waals surface area contributed by atoms with Crippen LogP contribution in [0.25, 0.3) is 0 Å². The normalized spacial score (nSPS) is 8.68. The van der Waals surface area contributed by atoms with Gasteiger partial charge in [0.2, 0.25) is 5.78 Å². The molecule has 90 valence electrons. The molecule has 2 aromatic carbocycles. The van der Waals surface area contributed by atoms with Crippen LogP contribution in [0.4, 0.5) is 0 Å². The first-order chi connectivity index (χ1) is 9.31. The molecule has 0 atom stereocenters. The van der Waals surface area contributed by atoms with Gasteiger partial charge in [0.25, 0.3) is 0 Å². The molecule has 0 radical (unpaired) electrons. The third-order valence-corrected chi connectivity index (χ3v) is 2.53. The maximum Gasteiger partial charge on any atom is 0.237 e. The minimum absolute atomic E-state index is 0.194. The van der Waals surface area contributed by atoms with Crippen LogP contribution in [-0.2, 0) is 0 Å². The molecule has 0 bridgehead atoms. The monoisotopic (exact) mass is 244 g/mol. The lowest BCUT2D eigenvalue weighted by molar-refractivity contribution is 0.105. The summed E-state index contributed by atoms with van der Waals surface area (Å²) in [6, 6.07) is 16.9. The first kappa shape index (κ1) is 12.7. The van der Waals surface area contributed by atoms with Crippen LogP contribution in [0.3, 0.4) is 0 Å². The van der Waals surface area contributed by atoms with Crippen molar-refractivity contribution in [3.05, 3.63) is 71.3 Å². The van der Waals surface area contributed by atoms with Crippen molar-refractivity contribution in [3.8, 4) is 23.7 Å². The first-order valence-corrected chi connectivity index (χ1v) is 5.94. The van der Waals surface area contributed by atoms with Gasteiger partial charge in [-0.1, -0.05) is 48.1 Å². The summed E-state index contributed by atoms with van der Waals surface area (Å²) in [5.41, 5.74) is 2.19. The molecule has 19 heavy (non-hydrogen) atoms. The van der Waals surface area contributed by atoms with Crippen LogP contribution in [0.2, 0.25) is 0 Å². The minimum Gasteiger partial charge on any atom is -0.279 e. The van der Waals surface area contributed by atoms with E-state index in [1.54, 1.807) is 13.0 Å². The van der Waals surface area contributed by atoms with Gasteiger partial charge in [0, 0.05) is 16.7 Å². The summed E-state index contributed by atoms with van der Waals surface area (Å²) >= 11 is 0. The van der Waals surface area contributed by atoms with Gasteiger partial charge < -0.3 is 0 Å². The Morgan fingerprint density at radius 2 is 1.58 bits per heavy atom. The average molecular weight is 244 g/mol. The van der Waals surface area contributed by atoms with Gasteiger partial charge in [0.1, 0.15) is 0 Å². The van der Waals surface area contributed by atoms with Crippen LogP contribution in [0.5, 0.6) is 0 Å². The largest absolute Gasteiger partial charge is 0.279 e. The molecular weight excluding hydrogens is 232 g/mol. The summed E-state index contributed by atoms with van der Waals surface area (Å²) in [5.74, 6) is 11.0. The second-order valence-corrected chi connectivity index (χ2v) is 3.87. The van der Waals surface area contributed by atoms with E-state index in [1.807, 2.05) is 48.5 Å². The van der Waals surface area contributed by atoms with E-state index in [0.29, 0.717) is 11.1 Å². The number of ketones is 1. The highest BCUT2D eigenvalue weighted by Crippen LogP contribution is 2.08. The van der Waals surface area contributed by atoms with Crippen molar-refractivity contribution in [1.82, 2.24) is 0 Å². The highest BCUT2D eigenvalue weighted by molar-refractivity contribution is 6.10. The minimum atomic E-state index is -0.194. The molecule has 0 unspecified atom stereocenters. The quantitative estimate of drug-likeness (QED) is 0.427. The van der Waals surface area contributed by atoms with Crippen LogP contribution >= 0.6 is 0 Å². The van der Waals surface area contributed by atoms with E-state index in [4.69, 9.17) is 0 Å². The fourth-order valence-corrected chi connectivity index (χ4v) is 1.63. The highest BCUT2D eigenvalue weighted by Gasteiger charge is 2.05. The predicted octanol–water partition coefficient (Wildman–Crippen LogP) is 3.29. The Morgan fingerprint density at radius 3 is 2.32 bits per heavy atom. The van der Waals surface area contributed by atoms with Crippen LogP contribution in [0.15, 0.2) is 54.6 Å². The molecule has 2 aromatic rings. The zero-order chi connectivity index (χ0) is 13.5. The fraction of sp³-hybridized carbons (Fsp3) is 0.0556. The van der Waals surface area contributed by atoms with Crippen molar-refractivity contribution in [3.63, 3.8) is 0 Å². The molecule has 0 heterocycles. The number of carbonyl (C=O) groups is 1. The van der Waals surface area contributed by atoms with Gasteiger partial charge in [0.05, 0.1) is 0 Å². The molecule has 0 saturated carbocycles. The van der Waals surface area contributed by atoms with E-state index in [0.717, 1.165) is 5.56 Å². The lowest BCUT2D eigenvalue weighted by Crippen LogP contribution is -1.98. The summed E-state index contributed by atoms with van der Waals surface area (Å²) in [6.07, 6.45) is 0.